The van der Waals surface area contributed by atoms with Crippen molar-refractivity contribution in [2.75, 3.05) is 19.0 Å². The van der Waals surface area contributed by atoms with E-state index in [4.69, 9.17) is 4.74 Å². The van der Waals surface area contributed by atoms with Gasteiger partial charge in [-0.25, -0.2) is 9.78 Å². The Labute approximate surface area is 152 Å². The molecule has 2 amide bonds. The molecule has 0 saturated heterocycles. The number of nitrogens with zero attached hydrogens (tertiary/aromatic N) is 3. The molecule has 1 atom stereocenters. The largest absolute Gasteiger partial charge is 0.480 e. The molecule has 1 N–H and O–H groups in total. The van der Waals surface area contributed by atoms with Crippen LogP contribution in [0.25, 0.3) is 0 Å². The Kier molecular flexibility index (Phi) is 4.31. The van der Waals surface area contributed by atoms with Gasteiger partial charge in [-0.15, -0.1) is 0 Å². The summed E-state index contributed by atoms with van der Waals surface area (Å²) in [5, 5.41) is 2.94. The Bertz CT molecular complexity index is 907. The van der Waals surface area contributed by atoms with E-state index in [0.717, 1.165) is 17.8 Å². The average Bonchev–Trinajstić information content (AvgIpc) is 3.17. The molecular formula is C20H20N4O2. The van der Waals surface area contributed by atoms with E-state index in [1.54, 1.807) is 25.4 Å². The Morgan fingerprint density at radius 2 is 1.96 bits per heavy atom. The maximum atomic E-state index is 13.1. The average molecular weight is 348 g/mol. The Balaban J connectivity index is 1.67. The predicted molar refractivity (Wildman–Crippen MR) is 99.2 cm³/mol. The van der Waals surface area contributed by atoms with Crippen molar-refractivity contribution in [1.82, 2.24) is 14.5 Å². The number of carbonyl (C=O) groups excluding carboxylic acids is 1. The molecule has 6 heteroatoms. The zero-order valence-corrected chi connectivity index (χ0v) is 14.5. The molecular weight excluding hydrogens is 328 g/mol. The van der Waals surface area contributed by atoms with Crippen LogP contribution in [0.3, 0.4) is 0 Å². The van der Waals surface area contributed by atoms with Gasteiger partial charge < -0.3 is 19.5 Å². The zero-order valence-electron chi connectivity index (χ0n) is 14.5. The van der Waals surface area contributed by atoms with Crippen LogP contribution in [-0.2, 0) is 6.54 Å². The van der Waals surface area contributed by atoms with E-state index < -0.39 is 0 Å². The number of urea groups is 1. The molecule has 0 unspecified atom stereocenters. The number of carbonyl (C=O) groups is 1. The summed E-state index contributed by atoms with van der Waals surface area (Å²) >= 11 is 0. The van der Waals surface area contributed by atoms with E-state index in [1.807, 2.05) is 29.2 Å². The molecule has 26 heavy (non-hydrogen) atoms. The van der Waals surface area contributed by atoms with Crippen molar-refractivity contribution >= 4 is 11.7 Å². The molecule has 2 aromatic heterocycles. The number of ether oxygens (including phenoxy) is 1. The van der Waals surface area contributed by atoms with Crippen molar-refractivity contribution in [3.8, 4) is 5.88 Å². The van der Waals surface area contributed by atoms with Gasteiger partial charge >= 0.3 is 6.03 Å². The van der Waals surface area contributed by atoms with Gasteiger partial charge in [0, 0.05) is 31.2 Å². The van der Waals surface area contributed by atoms with Gasteiger partial charge in [0.05, 0.1) is 13.2 Å². The van der Waals surface area contributed by atoms with Crippen molar-refractivity contribution in [2.45, 2.75) is 12.6 Å². The van der Waals surface area contributed by atoms with Crippen LogP contribution in [-0.4, -0.2) is 34.1 Å². The summed E-state index contributed by atoms with van der Waals surface area (Å²) in [6.07, 6.45) is 3.69. The SMILES string of the molecule is COc1ncccc1NC(=O)N1CCn2cccc2[C@H]1c1ccccc1. The quantitative estimate of drug-likeness (QED) is 0.788. The molecule has 3 aromatic rings. The molecule has 6 nitrogen and oxygen atoms in total. The monoisotopic (exact) mass is 348 g/mol. The molecule has 0 bridgehead atoms. The third kappa shape index (κ3) is 2.90. The fraction of sp³-hybridized carbons (Fsp3) is 0.200. The first-order chi connectivity index (χ1) is 12.8. The number of benzene rings is 1. The van der Waals surface area contributed by atoms with Crippen LogP contribution in [0.1, 0.15) is 17.3 Å². The van der Waals surface area contributed by atoms with Crippen molar-refractivity contribution in [2.24, 2.45) is 0 Å². The molecule has 1 aliphatic heterocycles. The summed E-state index contributed by atoms with van der Waals surface area (Å²) in [5.74, 6) is 0.400. The molecule has 1 aromatic carbocycles. The van der Waals surface area contributed by atoms with Crippen LogP contribution in [0.15, 0.2) is 67.0 Å². The first kappa shape index (κ1) is 16.2. The number of amides is 2. The highest BCUT2D eigenvalue weighted by Gasteiger charge is 2.32. The van der Waals surface area contributed by atoms with E-state index in [2.05, 4.69) is 39.3 Å². The van der Waals surface area contributed by atoms with Crippen LogP contribution in [0.2, 0.25) is 0 Å². The Morgan fingerprint density at radius 3 is 2.77 bits per heavy atom. The number of hydrogen-bond acceptors (Lipinski definition) is 3. The van der Waals surface area contributed by atoms with Crippen LogP contribution in [0, 0.1) is 0 Å². The second-order valence-electron chi connectivity index (χ2n) is 6.12. The maximum Gasteiger partial charge on any atom is 0.322 e. The van der Waals surface area contributed by atoms with Gasteiger partial charge in [-0.3, -0.25) is 0 Å². The molecule has 0 fully saturated rings. The third-order valence-corrected chi connectivity index (χ3v) is 4.62. The lowest BCUT2D eigenvalue weighted by Crippen LogP contribution is -2.44. The Morgan fingerprint density at radius 1 is 1.12 bits per heavy atom. The van der Waals surface area contributed by atoms with Gasteiger partial charge in [-0.2, -0.15) is 0 Å². The van der Waals surface area contributed by atoms with Crippen molar-refractivity contribution in [3.05, 3.63) is 78.2 Å². The van der Waals surface area contributed by atoms with Gasteiger partial charge in [-0.1, -0.05) is 30.3 Å². The molecule has 0 spiro atoms. The lowest BCUT2D eigenvalue weighted by molar-refractivity contribution is 0.181. The van der Waals surface area contributed by atoms with Crippen molar-refractivity contribution in [1.29, 1.82) is 0 Å². The highest BCUT2D eigenvalue weighted by atomic mass is 16.5. The first-order valence-electron chi connectivity index (χ1n) is 8.54. The van der Waals surface area contributed by atoms with E-state index in [1.165, 1.54) is 0 Å². The van der Waals surface area contributed by atoms with Crippen molar-refractivity contribution in [3.63, 3.8) is 0 Å². The highest BCUT2D eigenvalue weighted by Crippen LogP contribution is 2.33. The highest BCUT2D eigenvalue weighted by molar-refractivity contribution is 5.91. The zero-order chi connectivity index (χ0) is 17.9. The molecule has 0 radical (unpaired) electrons. The molecule has 132 valence electrons. The summed E-state index contributed by atoms with van der Waals surface area (Å²) in [6.45, 7) is 1.39. The number of methoxy groups -OCH3 is 1. The van der Waals surface area contributed by atoms with E-state index in [9.17, 15) is 4.79 Å². The van der Waals surface area contributed by atoms with Gasteiger partial charge in [0.1, 0.15) is 5.69 Å². The summed E-state index contributed by atoms with van der Waals surface area (Å²) < 4.78 is 7.44. The van der Waals surface area contributed by atoms with Crippen molar-refractivity contribution < 1.29 is 9.53 Å². The van der Waals surface area contributed by atoms with Gasteiger partial charge in [0.15, 0.2) is 0 Å². The van der Waals surface area contributed by atoms with E-state index in [-0.39, 0.29) is 12.1 Å². The minimum absolute atomic E-state index is 0.136. The number of pyridine rings is 1. The number of hydrogen-bond donors (Lipinski definition) is 1. The molecule has 0 saturated carbocycles. The lowest BCUT2D eigenvalue weighted by atomic mass is 10.0. The lowest BCUT2D eigenvalue weighted by Gasteiger charge is -2.37. The molecule has 1 aliphatic rings. The van der Waals surface area contributed by atoms with Crippen LogP contribution < -0.4 is 10.1 Å². The molecule has 0 aliphatic carbocycles. The summed E-state index contributed by atoms with van der Waals surface area (Å²) in [5.41, 5.74) is 2.75. The number of aromatic nitrogens is 2. The summed E-state index contributed by atoms with van der Waals surface area (Å²) in [7, 11) is 1.54. The minimum atomic E-state index is -0.169. The Hall–Kier alpha value is -3.28. The van der Waals surface area contributed by atoms with Gasteiger partial charge in [0.2, 0.25) is 5.88 Å². The standard InChI is InChI=1S/C20H20N4O2/c1-26-19-16(9-5-11-21-19)22-20(25)24-14-13-23-12-6-10-17(23)18(24)15-7-3-2-4-8-15/h2-12,18H,13-14H2,1H3,(H,22,25)/t18-/m1/s1. The van der Waals surface area contributed by atoms with E-state index >= 15 is 0 Å². The van der Waals surface area contributed by atoms with Crippen LogP contribution in [0.4, 0.5) is 10.5 Å². The van der Waals surface area contributed by atoms with Crippen LogP contribution >= 0.6 is 0 Å². The normalized spacial score (nSPS) is 16.0. The molecule has 3 heterocycles. The number of anilines is 1. The number of rotatable bonds is 3. The second kappa shape index (κ2) is 6.92. The third-order valence-electron chi connectivity index (χ3n) is 4.62. The fourth-order valence-corrected chi connectivity index (χ4v) is 3.42. The van der Waals surface area contributed by atoms with Gasteiger partial charge in [-0.05, 0) is 29.8 Å². The summed E-state index contributed by atoms with van der Waals surface area (Å²) in [4.78, 5) is 19.1. The predicted octanol–water partition coefficient (Wildman–Crippen LogP) is 3.53. The van der Waals surface area contributed by atoms with E-state index in [0.29, 0.717) is 18.1 Å². The smallest absolute Gasteiger partial charge is 0.322 e. The second-order valence-corrected chi connectivity index (χ2v) is 6.12. The first-order valence-corrected chi connectivity index (χ1v) is 8.54. The minimum Gasteiger partial charge on any atom is -0.480 e. The molecule has 4 rings (SSSR count). The topological polar surface area (TPSA) is 59.4 Å². The number of nitrogens with one attached hydrogen (secondary N) is 1. The van der Waals surface area contributed by atoms with Gasteiger partial charge in [0.25, 0.3) is 0 Å². The maximum absolute atomic E-state index is 13.1. The fourth-order valence-electron chi connectivity index (χ4n) is 3.42. The summed E-state index contributed by atoms with van der Waals surface area (Å²) in [6, 6.07) is 17.4. The number of fused-ring (bicyclic) bond motifs is 1. The van der Waals surface area contributed by atoms with Crippen LogP contribution in [0.5, 0.6) is 5.88 Å².